The van der Waals surface area contributed by atoms with Gasteiger partial charge in [-0.1, -0.05) is 0 Å². The Morgan fingerprint density at radius 1 is 1.60 bits per heavy atom. The fraction of sp³-hybridized carbons (Fsp3) is 0.571. The smallest absolute Gasteiger partial charge is 0.334 e. The molecule has 0 saturated heterocycles. The molecule has 0 aliphatic heterocycles. The van der Waals surface area contributed by atoms with E-state index in [-0.39, 0.29) is 0 Å². The van der Waals surface area contributed by atoms with Gasteiger partial charge in [-0.3, -0.25) is 0 Å². The third-order valence-electron chi connectivity index (χ3n) is 1.67. The van der Waals surface area contributed by atoms with Crippen molar-refractivity contribution in [1.29, 1.82) is 0 Å². The zero-order chi connectivity index (χ0) is 7.56. The Morgan fingerprint density at radius 2 is 2.30 bits per heavy atom. The molecule has 1 aliphatic rings. The summed E-state index contributed by atoms with van der Waals surface area (Å²) in [6.07, 6.45) is 2.33. The Hall–Kier alpha value is -0.990. The number of allylic oxidation sites excluding steroid dienone is 1. The first kappa shape index (κ1) is 7.12. The standard InChI is InChI=1S/C7H10O3/c1-10-6-4-2-3-5(6)7(8)9/h2-4H2,1H3,(H,8,9). The van der Waals surface area contributed by atoms with E-state index in [0.29, 0.717) is 17.8 Å². The molecule has 3 nitrogen and oxygen atoms in total. The van der Waals surface area contributed by atoms with Gasteiger partial charge in [-0.15, -0.1) is 0 Å². The van der Waals surface area contributed by atoms with E-state index in [1.54, 1.807) is 0 Å². The van der Waals surface area contributed by atoms with Crippen molar-refractivity contribution in [2.24, 2.45) is 0 Å². The second-order valence-electron chi connectivity index (χ2n) is 2.26. The van der Waals surface area contributed by atoms with Crippen molar-refractivity contribution in [3.63, 3.8) is 0 Å². The van der Waals surface area contributed by atoms with E-state index in [1.807, 2.05) is 0 Å². The minimum atomic E-state index is -0.839. The molecule has 0 bridgehead atoms. The van der Waals surface area contributed by atoms with Crippen LogP contribution in [0, 0.1) is 0 Å². The first-order valence-electron chi connectivity index (χ1n) is 3.25. The van der Waals surface area contributed by atoms with E-state index in [1.165, 1.54) is 7.11 Å². The van der Waals surface area contributed by atoms with Crippen LogP contribution in [-0.4, -0.2) is 18.2 Å². The first-order chi connectivity index (χ1) is 4.75. The van der Waals surface area contributed by atoms with E-state index in [9.17, 15) is 4.79 Å². The molecule has 0 fully saturated rings. The van der Waals surface area contributed by atoms with E-state index >= 15 is 0 Å². The lowest BCUT2D eigenvalue weighted by Crippen LogP contribution is -2.00. The van der Waals surface area contributed by atoms with Crippen LogP contribution in [0.2, 0.25) is 0 Å². The molecular weight excluding hydrogens is 132 g/mol. The maximum Gasteiger partial charge on any atom is 0.334 e. The zero-order valence-electron chi connectivity index (χ0n) is 5.89. The maximum atomic E-state index is 10.4. The Balaban J connectivity index is 2.78. The summed E-state index contributed by atoms with van der Waals surface area (Å²) in [5.74, 6) is -0.193. The van der Waals surface area contributed by atoms with Crippen molar-refractivity contribution >= 4 is 5.97 Å². The van der Waals surface area contributed by atoms with Crippen LogP contribution in [0.3, 0.4) is 0 Å². The minimum absolute atomic E-state index is 0.447. The average Bonchev–Trinajstić information content (AvgIpc) is 2.33. The molecular formula is C7H10O3. The van der Waals surface area contributed by atoms with Gasteiger partial charge >= 0.3 is 5.97 Å². The number of methoxy groups -OCH3 is 1. The normalized spacial score (nSPS) is 17.7. The molecule has 0 atom stereocenters. The lowest BCUT2D eigenvalue weighted by Gasteiger charge is -1.99. The molecule has 56 valence electrons. The second-order valence-corrected chi connectivity index (χ2v) is 2.26. The number of hydrogen-bond acceptors (Lipinski definition) is 2. The average molecular weight is 142 g/mol. The topological polar surface area (TPSA) is 46.5 Å². The van der Waals surface area contributed by atoms with Crippen LogP contribution in [0.4, 0.5) is 0 Å². The second kappa shape index (κ2) is 2.73. The number of aliphatic carboxylic acids is 1. The molecule has 0 aromatic rings. The lowest BCUT2D eigenvalue weighted by molar-refractivity contribution is -0.132. The van der Waals surface area contributed by atoms with Crippen molar-refractivity contribution in [1.82, 2.24) is 0 Å². The summed E-state index contributed by atoms with van der Waals surface area (Å²) < 4.78 is 4.88. The molecule has 0 saturated carbocycles. The molecule has 0 amide bonds. The fourth-order valence-electron chi connectivity index (χ4n) is 1.17. The van der Waals surface area contributed by atoms with E-state index in [4.69, 9.17) is 9.84 Å². The van der Waals surface area contributed by atoms with Crippen molar-refractivity contribution in [2.75, 3.05) is 7.11 Å². The Morgan fingerprint density at radius 3 is 2.70 bits per heavy atom. The van der Waals surface area contributed by atoms with Crippen molar-refractivity contribution in [2.45, 2.75) is 19.3 Å². The SMILES string of the molecule is COC1=C(C(=O)O)CCC1. The first-order valence-corrected chi connectivity index (χ1v) is 3.25. The monoisotopic (exact) mass is 142 g/mol. The highest BCUT2D eigenvalue weighted by Gasteiger charge is 2.20. The highest BCUT2D eigenvalue weighted by Crippen LogP contribution is 2.25. The van der Waals surface area contributed by atoms with E-state index in [2.05, 4.69) is 0 Å². The van der Waals surface area contributed by atoms with Crippen LogP contribution in [0.1, 0.15) is 19.3 Å². The zero-order valence-corrected chi connectivity index (χ0v) is 5.89. The van der Waals surface area contributed by atoms with Crippen molar-refractivity contribution < 1.29 is 14.6 Å². The number of rotatable bonds is 2. The molecule has 1 rings (SSSR count). The van der Waals surface area contributed by atoms with Crippen LogP contribution in [0.5, 0.6) is 0 Å². The Bertz CT molecular complexity index is 181. The van der Waals surface area contributed by atoms with Crippen LogP contribution in [-0.2, 0) is 9.53 Å². The van der Waals surface area contributed by atoms with Crippen LogP contribution < -0.4 is 0 Å². The minimum Gasteiger partial charge on any atom is -0.501 e. The third kappa shape index (κ3) is 1.12. The van der Waals surface area contributed by atoms with Gasteiger partial charge in [-0.2, -0.15) is 0 Å². The summed E-state index contributed by atoms with van der Waals surface area (Å²) >= 11 is 0. The van der Waals surface area contributed by atoms with Gasteiger partial charge in [-0.05, 0) is 12.8 Å². The summed E-state index contributed by atoms with van der Waals surface area (Å²) in [4.78, 5) is 10.4. The Labute approximate surface area is 59.3 Å². The predicted molar refractivity (Wildman–Crippen MR) is 35.5 cm³/mol. The van der Waals surface area contributed by atoms with Gasteiger partial charge in [0.25, 0.3) is 0 Å². The number of ether oxygens (including phenoxy) is 1. The third-order valence-corrected chi connectivity index (χ3v) is 1.67. The molecule has 3 heteroatoms. The summed E-state index contributed by atoms with van der Waals surface area (Å²) in [7, 11) is 1.52. The molecule has 0 unspecified atom stereocenters. The number of hydrogen-bond donors (Lipinski definition) is 1. The fourth-order valence-corrected chi connectivity index (χ4v) is 1.17. The highest BCUT2D eigenvalue weighted by atomic mass is 16.5. The summed E-state index contributed by atoms with van der Waals surface area (Å²) in [6.45, 7) is 0. The molecule has 0 radical (unpaired) electrons. The van der Waals surface area contributed by atoms with Crippen LogP contribution >= 0.6 is 0 Å². The van der Waals surface area contributed by atoms with E-state index < -0.39 is 5.97 Å². The number of carbonyl (C=O) groups is 1. The van der Waals surface area contributed by atoms with Gasteiger partial charge in [0.1, 0.15) is 5.76 Å². The molecule has 0 spiro atoms. The number of carboxylic acid groups (broad SMARTS) is 1. The van der Waals surface area contributed by atoms with Gasteiger partial charge < -0.3 is 9.84 Å². The van der Waals surface area contributed by atoms with Crippen LogP contribution in [0.15, 0.2) is 11.3 Å². The van der Waals surface area contributed by atoms with Gasteiger partial charge in [-0.25, -0.2) is 4.79 Å². The summed E-state index contributed by atoms with van der Waals surface area (Å²) in [5, 5.41) is 8.58. The van der Waals surface area contributed by atoms with Crippen molar-refractivity contribution in [3.05, 3.63) is 11.3 Å². The summed E-state index contributed by atoms with van der Waals surface area (Å²) in [6, 6.07) is 0. The summed E-state index contributed by atoms with van der Waals surface area (Å²) in [5.41, 5.74) is 0.447. The highest BCUT2D eigenvalue weighted by molar-refractivity contribution is 5.87. The largest absolute Gasteiger partial charge is 0.501 e. The molecule has 1 N–H and O–H groups in total. The van der Waals surface area contributed by atoms with Crippen molar-refractivity contribution in [3.8, 4) is 0 Å². The maximum absolute atomic E-state index is 10.4. The van der Waals surface area contributed by atoms with Gasteiger partial charge in [0, 0.05) is 6.42 Å². The predicted octanol–water partition coefficient (Wildman–Crippen LogP) is 1.16. The molecule has 10 heavy (non-hydrogen) atoms. The molecule has 1 aliphatic carbocycles. The van der Waals surface area contributed by atoms with Gasteiger partial charge in [0.2, 0.25) is 0 Å². The van der Waals surface area contributed by atoms with Gasteiger partial charge in [0.05, 0.1) is 12.7 Å². The Kier molecular flexibility index (Phi) is 1.94. The molecule has 0 aromatic heterocycles. The quantitative estimate of drug-likeness (QED) is 0.629. The number of carboxylic acids is 1. The lowest BCUT2D eigenvalue weighted by atomic mass is 10.2. The van der Waals surface area contributed by atoms with E-state index in [0.717, 1.165) is 12.8 Å². The van der Waals surface area contributed by atoms with Gasteiger partial charge in [0.15, 0.2) is 0 Å². The van der Waals surface area contributed by atoms with Crippen LogP contribution in [0.25, 0.3) is 0 Å². The molecule has 0 heterocycles. The molecule has 0 aromatic carbocycles.